The summed E-state index contributed by atoms with van der Waals surface area (Å²) in [5.41, 5.74) is 4.03. The fourth-order valence-corrected chi connectivity index (χ4v) is 2.49. The lowest BCUT2D eigenvalue weighted by Gasteiger charge is -2.09. The number of aromatic nitrogens is 2. The maximum Gasteiger partial charge on any atom is 0.344 e. The van der Waals surface area contributed by atoms with E-state index >= 15 is 0 Å². The van der Waals surface area contributed by atoms with Crippen LogP contribution in [0, 0.1) is 20.8 Å². The number of hydrogen-bond donors (Lipinski definition) is 0. The third-order valence-corrected chi connectivity index (χ3v) is 3.76. The first-order chi connectivity index (χ1) is 12.5. The molecule has 134 valence electrons. The van der Waals surface area contributed by atoms with E-state index in [0.717, 1.165) is 22.3 Å². The van der Waals surface area contributed by atoms with Crippen molar-refractivity contribution in [1.29, 1.82) is 0 Å². The van der Waals surface area contributed by atoms with Crippen molar-refractivity contribution < 1.29 is 18.7 Å². The van der Waals surface area contributed by atoms with E-state index in [1.165, 1.54) is 0 Å². The molecule has 0 saturated carbocycles. The molecule has 0 radical (unpaired) electrons. The second-order valence-electron chi connectivity index (χ2n) is 6.09. The van der Waals surface area contributed by atoms with Crippen molar-refractivity contribution in [2.45, 2.75) is 27.4 Å². The van der Waals surface area contributed by atoms with E-state index < -0.39 is 5.97 Å². The zero-order valence-electron chi connectivity index (χ0n) is 15.0. The molecule has 1 aromatic heterocycles. The molecule has 0 aliphatic heterocycles. The molecule has 0 aliphatic rings. The van der Waals surface area contributed by atoms with Gasteiger partial charge in [-0.05, 0) is 44.5 Å². The Balaban J connectivity index is 1.52. The molecule has 0 aliphatic carbocycles. The lowest BCUT2D eigenvalue weighted by Crippen LogP contribution is -2.15. The summed E-state index contributed by atoms with van der Waals surface area (Å²) >= 11 is 0. The zero-order valence-corrected chi connectivity index (χ0v) is 15.0. The Bertz CT molecular complexity index is 918. The summed E-state index contributed by atoms with van der Waals surface area (Å²) in [6, 6.07) is 13.5. The van der Waals surface area contributed by atoms with Crippen molar-refractivity contribution in [2.75, 3.05) is 6.61 Å². The fraction of sp³-hybridized carbons (Fsp3) is 0.250. The monoisotopic (exact) mass is 352 g/mol. The quantitative estimate of drug-likeness (QED) is 0.629. The molecule has 3 rings (SSSR count). The largest absolute Gasteiger partial charge is 0.482 e. The van der Waals surface area contributed by atoms with Crippen molar-refractivity contribution in [3.63, 3.8) is 0 Å². The normalized spacial score (nSPS) is 10.6. The third kappa shape index (κ3) is 4.47. The van der Waals surface area contributed by atoms with Crippen LogP contribution in [0.25, 0.3) is 11.5 Å². The molecule has 0 unspecified atom stereocenters. The van der Waals surface area contributed by atoms with Crippen LogP contribution >= 0.6 is 0 Å². The van der Waals surface area contributed by atoms with Crippen LogP contribution in [0.3, 0.4) is 0 Å². The summed E-state index contributed by atoms with van der Waals surface area (Å²) < 4.78 is 16.1. The zero-order chi connectivity index (χ0) is 18.5. The summed E-state index contributed by atoms with van der Waals surface area (Å²) in [5.74, 6) is 0.792. The van der Waals surface area contributed by atoms with Crippen LogP contribution in [0.2, 0.25) is 0 Å². The molecule has 0 spiro atoms. The molecular weight excluding hydrogens is 332 g/mol. The van der Waals surface area contributed by atoms with Gasteiger partial charge in [0.2, 0.25) is 5.89 Å². The van der Waals surface area contributed by atoms with Crippen LogP contribution in [-0.4, -0.2) is 22.8 Å². The van der Waals surface area contributed by atoms with Gasteiger partial charge in [-0.3, -0.25) is 0 Å². The van der Waals surface area contributed by atoms with Gasteiger partial charge < -0.3 is 13.9 Å². The molecule has 3 aromatic rings. The highest BCUT2D eigenvalue weighted by Crippen LogP contribution is 2.20. The second-order valence-corrected chi connectivity index (χ2v) is 6.09. The molecule has 0 atom stereocenters. The van der Waals surface area contributed by atoms with Crippen molar-refractivity contribution in [3.8, 4) is 17.2 Å². The first-order valence-electron chi connectivity index (χ1n) is 8.26. The Morgan fingerprint density at radius 3 is 2.62 bits per heavy atom. The number of benzene rings is 2. The minimum atomic E-state index is -0.500. The predicted molar refractivity (Wildman–Crippen MR) is 95.7 cm³/mol. The van der Waals surface area contributed by atoms with E-state index in [1.54, 1.807) is 0 Å². The topological polar surface area (TPSA) is 74.5 Å². The molecule has 2 aromatic carbocycles. The van der Waals surface area contributed by atoms with Crippen LogP contribution in [0.15, 0.2) is 46.9 Å². The SMILES string of the molecule is Cc1cccc(-c2nnc(COC(=O)COc3ccc(C)cc3C)o2)c1. The molecule has 0 fully saturated rings. The molecule has 6 heteroatoms. The standard InChI is InChI=1S/C20H20N2O4/c1-13-5-4-6-16(10-13)20-22-21-18(26-20)11-25-19(23)12-24-17-8-7-14(2)9-15(17)3/h4-10H,11-12H2,1-3H3. The number of aryl methyl sites for hydroxylation is 3. The van der Waals surface area contributed by atoms with Gasteiger partial charge in [-0.15, -0.1) is 10.2 Å². The summed E-state index contributed by atoms with van der Waals surface area (Å²) in [6.45, 7) is 5.65. The summed E-state index contributed by atoms with van der Waals surface area (Å²) in [4.78, 5) is 11.9. The maximum atomic E-state index is 11.9. The van der Waals surface area contributed by atoms with Crippen LogP contribution in [0.1, 0.15) is 22.6 Å². The summed E-state index contributed by atoms with van der Waals surface area (Å²) in [7, 11) is 0. The number of nitrogens with zero attached hydrogens (tertiary/aromatic N) is 2. The van der Waals surface area contributed by atoms with Gasteiger partial charge in [-0.2, -0.15) is 0 Å². The Labute approximate surface area is 151 Å². The van der Waals surface area contributed by atoms with Crippen LogP contribution in [0.5, 0.6) is 5.75 Å². The van der Waals surface area contributed by atoms with Gasteiger partial charge >= 0.3 is 5.97 Å². The predicted octanol–water partition coefficient (Wildman–Crippen LogP) is 3.78. The van der Waals surface area contributed by atoms with Gasteiger partial charge in [0.15, 0.2) is 13.2 Å². The second kappa shape index (κ2) is 7.82. The van der Waals surface area contributed by atoms with E-state index in [9.17, 15) is 4.79 Å². The van der Waals surface area contributed by atoms with Gasteiger partial charge in [0.05, 0.1) is 0 Å². The van der Waals surface area contributed by atoms with E-state index in [-0.39, 0.29) is 19.1 Å². The number of carbonyl (C=O) groups is 1. The minimum Gasteiger partial charge on any atom is -0.482 e. The Morgan fingerprint density at radius 2 is 1.85 bits per heavy atom. The third-order valence-electron chi connectivity index (χ3n) is 3.76. The van der Waals surface area contributed by atoms with Gasteiger partial charge in [0.1, 0.15) is 5.75 Å². The van der Waals surface area contributed by atoms with Gasteiger partial charge in [-0.1, -0.05) is 35.4 Å². The van der Waals surface area contributed by atoms with Crippen LogP contribution in [0.4, 0.5) is 0 Å². The van der Waals surface area contributed by atoms with Crippen molar-refractivity contribution in [1.82, 2.24) is 10.2 Å². The highest BCUT2D eigenvalue weighted by atomic mass is 16.6. The molecule has 6 nitrogen and oxygen atoms in total. The van der Waals surface area contributed by atoms with E-state index in [0.29, 0.717) is 11.6 Å². The van der Waals surface area contributed by atoms with Gasteiger partial charge in [0.25, 0.3) is 5.89 Å². The molecule has 0 bridgehead atoms. The first kappa shape index (κ1) is 17.7. The maximum absolute atomic E-state index is 11.9. The molecule has 26 heavy (non-hydrogen) atoms. The van der Waals surface area contributed by atoms with Crippen LogP contribution < -0.4 is 4.74 Å². The van der Waals surface area contributed by atoms with E-state index in [2.05, 4.69) is 10.2 Å². The van der Waals surface area contributed by atoms with Crippen molar-refractivity contribution >= 4 is 5.97 Å². The average Bonchev–Trinajstić information content (AvgIpc) is 3.08. The molecule has 0 saturated heterocycles. The molecule has 0 N–H and O–H groups in total. The lowest BCUT2D eigenvalue weighted by atomic mass is 10.1. The number of hydrogen-bond acceptors (Lipinski definition) is 6. The number of ether oxygens (including phenoxy) is 2. The fourth-order valence-electron chi connectivity index (χ4n) is 2.49. The van der Waals surface area contributed by atoms with Gasteiger partial charge in [0, 0.05) is 5.56 Å². The molecule has 1 heterocycles. The minimum absolute atomic E-state index is 0.0894. The Morgan fingerprint density at radius 1 is 1.04 bits per heavy atom. The van der Waals surface area contributed by atoms with E-state index in [1.807, 2.05) is 63.2 Å². The Kier molecular flexibility index (Phi) is 5.31. The highest BCUT2D eigenvalue weighted by Gasteiger charge is 2.12. The van der Waals surface area contributed by atoms with Crippen molar-refractivity contribution in [3.05, 3.63) is 65.0 Å². The summed E-state index contributed by atoms with van der Waals surface area (Å²) in [6.07, 6.45) is 0. The van der Waals surface area contributed by atoms with E-state index in [4.69, 9.17) is 13.9 Å². The number of esters is 1. The lowest BCUT2D eigenvalue weighted by molar-refractivity contribution is -0.148. The first-order valence-corrected chi connectivity index (χ1v) is 8.26. The summed E-state index contributed by atoms with van der Waals surface area (Å²) in [5, 5.41) is 7.88. The molecule has 0 amide bonds. The highest BCUT2D eigenvalue weighted by molar-refractivity contribution is 5.71. The number of carbonyl (C=O) groups excluding carboxylic acids is 1. The van der Waals surface area contributed by atoms with Crippen LogP contribution in [-0.2, 0) is 16.1 Å². The van der Waals surface area contributed by atoms with Gasteiger partial charge in [-0.25, -0.2) is 4.79 Å². The average molecular weight is 352 g/mol. The Hall–Kier alpha value is -3.15. The molecular formula is C20H20N2O4. The number of rotatable bonds is 6. The smallest absolute Gasteiger partial charge is 0.344 e. The van der Waals surface area contributed by atoms with Crippen molar-refractivity contribution in [2.24, 2.45) is 0 Å².